The lowest BCUT2D eigenvalue weighted by molar-refractivity contribution is 0.0679. The molecule has 14 heavy (non-hydrogen) atoms. The summed E-state index contributed by atoms with van der Waals surface area (Å²) >= 11 is 1.67. The van der Waals surface area contributed by atoms with E-state index in [2.05, 4.69) is 4.98 Å². The molecule has 72 valence electrons. The number of fused-ring (bicyclic) bond motifs is 2. The van der Waals surface area contributed by atoms with Gasteiger partial charge in [0.2, 0.25) is 6.29 Å². The van der Waals surface area contributed by atoms with Crippen molar-refractivity contribution in [1.29, 1.82) is 0 Å². The number of ether oxygens (including phenoxy) is 2. The summed E-state index contributed by atoms with van der Waals surface area (Å²) in [6.45, 7) is 3.88. The number of rotatable bonds is 0. The Labute approximate surface area is 85.3 Å². The van der Waals surface area contributed by atoms with Crippen molar-refractivity contribution in [3.63, 3.8) is 0 Å². The predicted octanol–water partition coefficient (Wildman–Crippen LogP) is 2.72. The van der Waals surface area contributed by atoms with Gasteiger partial charge in [-0.05, 0) is 6.92 Å². The van der Waals surface area contributed by atoms with E-state index in [1.54, 1.807) is 11.3 Å². The van der Waals surface area contributed by atoms with Crippen LogP contribution in [0.5, 0.6) is 11.5 Å². The zero-order chi connectivity index (χ0) is 9.71. The fraction of sp³-hybridized carbons (Fsp3) is 0.300. The van der Waals surface area contributed by atoms with Crippen molar-refractivity contribution in [3.8, 4) is 11.5 Å². The van der Waals surface area contributed by atoms with Gasteiger partial charge in [0, 0.05) is 19.1 Å². The van der Waals surface area contributed by atoms with E-state index >= 15 is 0 Å². The normalized spacial score (nSPS) is 19.1. The molecular formula is C10H9NO2S. The van der Waals surface area contributed by atoms with Crippen molar-refractivity contribution in [2.75, 3.05) is 0 Å². The zero-order valence-corrected chi connectivity index (χ0v) is 8.72. The second-order valence-corrected chi connectivity index (χ2v) is 4.54. The molecular weight excluding hydrogens is 198 g/mol. The molecule has 0 N–H and O–H groups in total. The molecule has 2 heterocycles. The molecule has 3 nitrogen and oxygen atoms in total. The van der Waals surface area contributed by atoms with Gasteiger partial charge in [-0.3, -0.25) is 0 Å². The molecule has 4 heteroatoms. The SMILES string of the molecule is Cc1nc2cc3c(cc2s1)OC(C)O3. The van der Waals surface area contributed by atoms with Crippen molar-refractivity contribution in [1.82, 2.24) is 4.98 Å². The lowest BCUT2D eigenvalue weighted by atomic mass is 10.3. The van der Waals surface area contributed by atoms with E-state index in [4.69, 9.17) is 9.47 Å². The lowest BCUT2D eigenvalue weighted by Gasteiger charge is -1.99. The minimum atomic E-state index is -0.178. The summed E-state index contributed by atoms with van der Waals surface area (Å²) in [5, 5.41) is 1.07. The smallest absolute Gasteiger partial charge is 0.238 e. The molecule has 0 fully saturated rings. The first kappa shape index (κ1) is 8.05. The van der Waals surface area contributed by atoms with Crippen molar-refractivity contribution >= 4 is 21.6 Å². The summed E-state index contributed by atoms with van der Waals surface area (Å²) in [6, 6.07) is 3.94. The third-order valence-corrected chi connectivity index (χ3v) is 3.08. The van der Waals surface area contributed by atoms with Crippen molar-refractivity contribution in [2.24, 2.45) is 0 Å². The van der Waals surface area contributed by atoms with E-state index < -0.39 is 0 Å². The van der Waals surface area contributed by atoms with Crippen LogP contribution in [0.3, 0.4) is 0 Å². The summed E-state index contributed by atoms with van der Waals surface area (Å²) in [4.78, 5) is 4.40. The van der Waals surface area contributed by atoms with Crippen LogP contribution >= 0.6 is 11.3 Å². The van der Waals surface area contributed by atoms with Crippen LogP contribution in [0, 0.1) is 6.92 Å². The molecule has 0 saturated carbocycles. The highest BCUT2D eigenvalue weighted by Crippen LogP contribution is 2.39. The number of nitrogens with zero attached hydrogens (tertiary/aromatic N) is 1. The molecule has 1 atom stereocenters. The van der Waals surface area contributed by atoms with Crippen LogP contribution in [0.25, 0.3) is 10.2 Å². The van der Waals surface area contributed by atoms with Crippen LogP contribution < -0.4 is 9.47 Å². The number of thiazole rings is 1. The van der Waals surface area contributed by atoms with Gasteiger partial charge in [0.1, 0.15) is 0 Å². The topological polar surface area (TPSA) is 31.4 Å². The van der Waals surface area contributed by atoms with Crippen LogP contribution in [0.2, 0.25) is 0 Å². The fourth-order valence-corrected chi connectivity index (χ4v) is 2.45. The number of aryl methyl sites for hydroxylation is 1. The second kappa shape index (κ2) is 2.60. The molecule has 0 aliphatic carbocycles. The molecule has 2 aromatic rings. The molecule has 0 bridgehead atoms. The Morgan fingerprint density at radius 2 is 2.00 bits per heavy atom. The summed E-state index contributed by atoms with van der Waals surface area (Å²) in [7, 11) is 0. The van der Waals surface area contributed by atoms with E-state index in [1.807, 2.05) is 26.0 Å². The van der Waals surface area contributed by atoms with Gasteiger partial charge in [-0.2, -0.15) is 0 Å². The van der Waals surface area contributed by atoms with Gasteiger partial charge in [-0.1, -0.05) is 0 Å². The maximum absolute atomic E-state index is 5.48. The van der Waals surface area contributed by atoms with Crippen LogP contribution in [0.15, 0.2) is 12.1 Å². The van der Waals surface area contributed by atoms with Gasteiger partial charge in [0.25, 0.3) is 0 Å². The Kier molecular flexibility index (Phi) is 1.50. The van der Waals surface area contributed by atoms with E-state index in [0.717, 1.165) is 26.7 Å². The number of benzene rings is 1. The van der Waals surface area contributed by atoms with Gasteiger partial charge in [-0.15, -0.1) is 11.3 Å². The predicted molar refractivity (Wildman–Crippen MR) is 55.1 cm³/mol. The highest BCUT2D eigenvalue weighted by molar-refractivity contribution is 7.18. The van der Waals surface area contributed by atoms with Gasteiger partial charge >= 0.3 is 0 Å². The van der Waals surface area contributed by atoms with Crippen LogP contribution in [0.4, 0.5) is 0 Å². The lowest BCUT2D eigenvalue weighted by Crippen LogP contribution is -2.11. The Hall–Kier alpha value is -1.29. The zero-order valence-electron chi connectivity index (χ0n) is 7.90. The molecule has 1 aromatic carbocycles. The summed E-state index contributed by atoms with van der Waals surface area (Å²) in [5.74, 6) is 1.63. The van der Waals surface area contributed by atoms with Crippen LogP contribution in [0.1, 0.15) is 11.9 Å². The molecule has 0 amide bonds. The van der Waals surface area contributed by atoms with E-state index in [9.17, 15) is 0 Å². The van der Waals surface area contributed by atoms with Gasteiger partial charge < -0.3 is 9.47 Å². The van der Waals surface area contributed by atoms with Crippen molar-refractivity contribution in [2.45, 2.75) is 20.1 Å². The van der Waals surface area contributed by atoms with Crippen LogP contribution in [-0.4, -0.2) is 11.3 Å². The Bertz CT molecular complexity index is 463. The van der Waals surface area contributed by atoms with Gasteiger partial charge in [0.15, 0.2) is 11.5 Å². The van der Waals surface area contributed by atoms with Crippen molar-refractivity contribution < 1.29 is 9.47 Å². The first-order valence-electron chi connectivity index (χ1n) is 4.47. The Morgan fingerprint density at radius 1 is 1.29 bits per heavy atom. The number of hydrogen-bond donors (Lipinski definition) is 0. The van der Waals surface area contributed by atoms with Crippen LogP contribution in [-0.2, 0) is 0 Å². The van der Waals surface area contributed by atoms with Gasteiger partial charge in [-0.25, -0.2) is 4.98 Å². The summed E-state index contributed by atoms with van der Waals surface area (Å²) < 4.78 is 12.1. The first-order chi connectivity index (χ1) is 6.72. The highest BCUT2D eigenvalue weighted by Gasteiger charge is 2.21. The molecule has 1 aliphatic rings. The minimum Gasteiger partial charge on any atom is -0.451 e. The molecule has 3 rings (SSSR count). The van der Waals surface area contributed by atoms with E-state index in [-0.39, 0.29) is 6.29 Å². The summed E-state index contributed by atoms with van der Waals surface area (Å²) in [6.07, 6.45) is -0.178. The molecule has 1 aliphatic heterocycles. The molecule has 0 spiro atoms. The average Bonchev–Trinajstić information content (AvgIpc) is 2.59. The first-order valence-corrected chi connectivity index (χ1v) is 5.28. The van der Waals surface area contributed by atoms with Crippen molar-refractivity contribution in [3.05, 3.63) is 17.1 Å². The highest BCUT2D eigenvalue weighted by atomic mass is 32.1. The minimum absolute atomic E-state index is 0.178. The van der Waals surface area contributed by atoms with Gasteiger partial charge in [0.05, 0.1) is 15.2 Å². The van der Waals surface area contributed by atoms with E-state index in [1.165, 1.54) is 0 Å². The molecule has 1 unspecified atom stereocenters. The summed E-state index contributed by atoms with van der Waals surface area (Å²) in [5.41, 5.74) is 0.990. The Morgan fingerprint density at radius 3 is 2.79 bits per heavy atom. The molecule has 1 aromatic heterocycles. The largest absolute Gasteiger partial charge is 0.451 e. The third kappa shape index (κ3) is 1.07. The third-order valence-electron chi connectivity index (χ3n) is 2.15. The Balaban J connectivity index is 2.25. The standard InChI is InChI=1S/C10H9NO2S/c1-5-11-7-3-8-9(4-10(7)14-5)13-6(2)12-8/h3-4,6H,1-2H3. The maximum Gasteiger partial charge on any atom is 0.238 e. The number of aromatic nitrogens is 1. The number of hydrogen-bond acceptors (Lipinski definition) is 4. The molecule has 0 saturated heterocycles. The quantitative estimate of drug-likeness (QED) is 0.665. The van der Waals surface area contributed by atoms with E-state index in [0.29, 0.717) is 0 Å². The second-order valence-electron chi connectivity index (χ2n) is 3.30. The molecule has 0 radical (unpaired) electrons. The average molecular weight is 207 g/mol. The maximum atomic E-state index is 5.48. The monoisotopic (exact) mass is 207 g/mol. The fourth-order valence-electron chi connectivity index (χ4n) is 1.62.